The van der Waals surface area contributed by atoms with Gasteiger partial charge in [-0.3, -0.25) is 15.1 Å². The van der Waals surface area contributed by atoms with Crippen LogP contribution in [0.1, 0.15) is 22.7 Å². The first-order valence-corrected chi connectivity index (χ1v) is 6.74. The number of nitrogens with one attached hydrogen (secondary N) is 1. The first-order chi connectivity index (χ1) is 8.20. The van der Waals surface area contributed by atoms with E-state index in [0.717, 1.165) is 12.3 Å². The molecule has 0 aliphatic carbocycles. The monoisotopic (exact) mass is 255 g/mol. The van der Waals surface area contributed by atoms with E-state index >= 15 is 0 Å². The van der Waals surface area contributed by atoms with Crippen molar-refractivity contribution in [3.8, 4) is 0 Å². The number of nitrogens with zero attached hydrogens (tertiary/aromatic N) is 1. The molecule has 0 aromatic carbocycles. The molecule has 1 fully saturated rings. The lowest BCUT2D eigenvalue weighted by molar-refractivity contribution is 0.0922. The van der Waals surface area contributed by atoms with Gasteiger partial charge in [0, 0.05) is 11.8 Å². The van der Waals surface area contributed by atoms with Gasteiger partial charge in [0.05, 0.1) is 6.54 Å². The Morgan fingerprint density at radius 1 is 1.71 bits per heavy atom. The molecular formula is C11H17N3O2S. The van der Waals surface area contributed by atoms with E-state index in [1.807, 2.05) is 17.8 Å². The summed E-state index contributed by atoms with van der Waals surface area (Å²) in [5.41, 5.74) is 2.05. The second kappa shape index (κ2) is 5.57. The lowest BCUT2D eigenvalue weighted by Gasteiger charge is -2.21. The summed E-state index contributed by atoms with van der Waals surface area (Å²) in [5, 5.41) is 0. The summed E-state index contributed by atoms with van der Waals surface area (Å²) in [6, 6.07) is 4.08. The van der Waals surface area contributed by atoms with Crippen molar-refractivity contribution in [1.29, 1.82) is 0 Å². The molecule has 0 saturated carbocycles. The van der Waals surface area contributed by atoms with Crippen LogP contribution >= 0.6 is 11.8 Å². The van der Waals surface area contributed by atoms with Gasteiger partial charge in [-0.1, -0.05) is 0 Å². The Labute approximate surface area is 105 Å². The molecule has 6 heteroatoms. The van der Waals surface area contributed by atoms with Gasteiger partial charge in [-0.25, -0.2) is 5.84 Å². The van der Waals surface area contributed by atoms with E-state index in [9.17, 15) is 4.79 Å². The van der Waals surface area contributed by atoms with Crippen LogP contribution in [-0.4, -0.2) is 35.4 Å². The number of nitrogens with two attached hydrogens (primary N) is 1. The Kier molecular flexibility index (Phi) is 4.09. The van der Waals surface area contributed by atoms with E-state index < -0.39 is 5.91 Å². The normalized spacial score (nSPS) is 19.8. The van der Waals surface area contributed by atoms with Gasteiger partial charge in [0.2, 0.25) is 0 Å². The van der Waals surface area contributed by atoms with Crippen molar-refractivity contribution < 1.29 is 9.21 Å². The highest BCUT2D eigenvalue weighted by Gasteiger charge is 2.21. The second-order valence-corrected chi connectivity index (χ2v) is 5.32. The average Bonchev–Trinajstić information content (AvgIpc) is 2.98. The first kappa shape index (κ1) is 12.5. The number of thioether (sulfide) groups is 1. The summed E-state index contributed by atoms with van der Waals surface area (Å²) < 4.78 is 5.43. The standard InChI is InChI=1S/C11H17N3O2S/c1-14(8-4-5-17-7-8)6-9-2-3-10(16-9)11(15)13-12/h2-3,8H,4-7,12H2,1H3,(H,13,15). The first-order valence-electron chi connectivity index (χ1n) is 5.58. The lowest BCUT2D eigenvalue weighted by Crippen LogP contribution is -2.31. The fraction of sp³-hybridized carbons (Fsp3) is 0.545. The Morgan fingerprint density at radius 3 is 3.18 bits per heavy atom. The van der Waals surface area contributed by atoms with Crippen molar-refractivity contribution in [2.75, 3.05) is 18.6 Å². The van der Waals surface area contributed by atoms with E-state index in [1.165, 1.54) is 17.9 Å². The average molecular weight is 255 g/mol. The van der Waals surface area contributed by atoms with Crippen LogP contribution in [0.2, 0.25) is 0 Å². The number of hydrogen-bond acceptors (Lipinski definition) is 5. The van der Waals surface area contributed by atoms with Crippen LogP contribution < -0.4 is 11.3 Å². The van der Waals surface area contributed by atoms with Crippen LogP contribution in [0.5, 0.6) is 0 Å². The van der Waals surface area contributed by atoms with Crippen LogP contribution in [0, 0.1) is 0 Å². The Hall–Kier alpha value is -0.980. The van der Waals surface area contributed by atoms with Crippen LogP contribution in [0.15, 0.2) is 16.5 Å². The van der Waals surface area contributed by atoms with Gasteiger partial charge in [-0.05, 0) is 31.4 Å². The van der Waals surface area contributed by atoms with E-state index in [1.54, 1.807) is 6.07 Å². The van der Waals surface area contributed by atoms with Crippen LogP contribution in [0.3, 0.4) is 0 Å². The molecule has 2 rings (SSSR count). The highest BCUT2D eigenvalue weighted by molar-refractivity contribution is 7.99. The molecule has 1 aliphatic rings. The number of nitrogen functional groups attached to an aromatic ring is 1. The van der Waals surface area contributed by atoms with Gasteiger partial charge < -0.3 is 4.42 Å². The molecule has 1 aromatic heterocycles. The van der Waals surface area contributed by atoms with Crippen molar-refractivity contribution in [2.24, 2.45) is 5.84 Å². The number of carbonyl (C=O) groups excluding carboxylic acids is 1. The minimum atomic E-state index is -0.393. The predicted octanol–water partition coefficient (Wildman–Crippen LogP) is 0.820. The topological polar surface area (TPSA) is 71.5 Å². The molecule has 0 spiro atoms. The molecule has 5 nitrogen and oxygen atoms in total. The minimum absolute atomic E-state index is 0.261. The van der Waals surface area contributed by atoms with Crippen LogP contribution in [-0.2, 0) is 6.54 Å². The molecule has 17 heavy (non-hydrogen) atoms. The number of rotatable bonds is 4. The van der Waals surface area contributed by atoms with Gasteiger partial charge in [-0.2, -0.15) is 11.8 Å². The highest BCUT2D eigenvalue weighted by Crippen LogP contribution is 2.22. The Bertz CT molecular complexity index is 388. The predicted molar refractivity (Wildman–Crippen MR) is 67.6 cm³/mol. The summed E-state index contributed by atoms with van der Waals surface area (Å²) in [6.45, 7) is 0.725. The van der Waals surface area contributed by atoms with E-state index in [4.69, 9.17) is 10.3 Å². The number of furan rings is 1. The largest absolute Gasteiger partial charge is 0.455 e. The maximum atomic E-state index is 11.2. The Morgan fingerprint density at radius 2 is 2.53 bits per heavy atom. The molecule has 0 bridgehead atoms. The summed E-state index contributed by atoms with van der Waals surface area (Å²) in [7, 11) is 2.09. The second-order valence-electron chi connectivity index (χ2n) is 4.17. The molecule has 3 N–H and O–H groups in total. The molecular weight excluding hydrogens is 238 g/mol. The van der Waals surface area contributed by atoms with Crippen LogP contribution in [0.4, 0.5) is 0 Å². The molecule has 2 heterocycles. The minimum Gasteiger partial charge on any atom is -0.455 e. The van der Waals surface area contributed by atoms with Crippen molar-refractivity contribution >= 4 is 17.7 Å². The zero-order valence-electron chi connectivity index (χ0n) is 9.81. The van der Waals surface area contributed by atoms with Crippen LogP contribution in [0.25, 0.3) is 0 Å². The highest BCUT2D eigenvalue weighted by atomic mass is 32.2. The van der Waals surface area contributed by atoms with Gasteiger partial charge in [-0.15, -0.1) is 0 Å². The third-order valence-electron chi connectivity index (χ3n) is 2.95. The Balaban J connectivity index is 1.94. The van der Waals surface area contributed by atoms with Crippen molar-refractivity contribution in [3.05, 3.63) is 23.7 Å². The number of hydrazine groups is 1. The zero-order chi connectivity index (χ0) is 12.3. The SMILES string of the molecule is CN(Cc1ccc(C(=O)NN)o1)C1CCSC1. The van der Waals surface area contributed by atoms with E-state index in [-0.39, 0.29) is 5.76 Å². The number of hydrogen-bond donors (Lipinski definition) is 2. The zero-order valence-corrected chi connectivity index (χ0v) is 10.6. The van der Waals surface area contributed by atoms with Crippen molar-refractivity contribution in [1.82, 2.24) is 10.3 Å². The fourth-order valence-electron chi connectivity index (χ4n) is 1.90. The molecule has 94 valence electrons. The molecule has 1 atom stereocenters. The van der Waals surface area contributed by atoms with Gasteiger partial charge in [0.1, 0.15) is 5.76 Å². The molecule has 1 saturated heterocycles. The van der Waals surface area contributed by atoms with Gasteiger partial charge >= 0.3 is 5.91 Å². The fourth-order valence-corrected chi connectivity index (χ4v) is 3.20. The van der Waals surface area contributed by atoms with E-state index in [2.05, 4.69) is 17.4 Å². The molecule has 1 amide bonds. The quantitative estimate of drug-likeness (QED) is 0.473. The lowest BCUT2D eigenvalue weighted by atomic mass is 10.2. The molecule has 1 unspecified atom stereocenters. The molecule has 1 aromatic rings. The number of amides is 1. The molecule has 1 aliphatic heterocycles. The van der Waals surface area contributed by atoms with E-state index in [0.29, 0.717) is 6.04 Å². The smallest absolute Gasteiger partial charge is 0.300 e. The summed E-state index contributed by atoms with van der Waals surface area (Å²) in [4.78, 5) is 13.5. The molecule has 0 radical (unpaired) electrons. The maximum absolute atomic E-state index is 11.2. The van der Waals surface area contributed by atoms with Crippen molar-refractivity contribution in [3.63, 3.8) is 0 Å². The third kappa shape index (κ3) is 3.02. The summed E-state index contributed by atoms with van der Waals surface area (Å²) >= 11 is 1.98. The van der Waals surface area contributed by atoms with Gasteiger partial charge in [0.25, 0.3) is 0 Å². The summed E-state index contributed by atoms with van der Waals surface area (Å²) in [6.07, 6.45) is 1.22. The van der Waals surface area contributed by atoms with Crippen molar-refractivity contribution in [2.45, 2.75) is 19.0 Å². The number of carbonyl (C=O) groups is 1. The summed E-state index contributed by atoms with van der Waals surface area (Å²) in [5.74, 6) is 8.11. The third-order valence-corrected chi connectivity index (χ3v) is 4.10. The maximum Gasteiger partial charge on any atom is 0.300 e. The van der Waals surface area contributed by atoms with Gasteiger partial charge in [0.15, 0.2) is 5.76 Å².